The fourth-order valence-electron chi connectivity index (χ4n) is 1.50. The summed E-state index contributed by atoms with van der Waals surface area (Å²) in [4.78, 5) is 23.2. The number of benzene rings is 1. The van der Waals surface area contributed by atoms with Crippen molar-refractivity contribution in [3.05, 3.63) is 29.8 Å². The molecule has 0 spiro atoms. The number of hydrogen-bond donors (Lipinski definition) is 1. The summed E-state index contributed by atoms with van der Waals surface area (Å²) in [6, 6.07) is 8.70. The van der Waals surface area contributed by atoms with Gasteiger partial charge in [0.25, 0.3) is 0 Å². The fourth-order valence-corrected chi connectivity index (χ4v) is 1.50. The highest BCUT2D eigenvalue weighted by Crippen LogP contribution is 2.16. The molecule has 5 nitrogen and oxygen atoms in total. The Bertz CT molecular complexity index is 506. The van der Waals surface area contributed by atoms with E-state index < -0.39 is 5.97 Å². The summed E-state index contributed by atoms with van der Waals surface area (Å²) >= 11 is 0. The second kappa shape index (κ2) is 7.17. The molecule has 1 rings (SSSR count). The molecule has 1 amide bonds. The number of carbonyl (C=O) groups excluding carboxylic acids is 2. The Balaban J connectivity index is 2.69. The summed E-state index contributed by atoms with van der Waals surface area (Å²) in [6.45, 7) is 1.76. The average Bonchev–Trinajstić information content (AvgIpc) is 2.44. The normalized spacial score (nSPS) is 11.2. The Hall–Kier alpha value is -2.35. The van der Waals surface area contributed by atoms with Gasteiger partial charge in [-0.25, -0.2) is 4.79 Å². The third-order valence-electron chi connectivity index (χ3n) is 2.63. The smallest absolute Gasteiger partial charge is 0.339 e. The van der Waals surface area contributed by atoms with Gasteiger partial charge in [-0.3, -0.25) is 4.79 Å². The van der Waals surface area contributed by atoms with E-state index in [4.69, 9.17) is 5.26 Å². The zero-order valence-corrected chi connectivity index (χ0v) is 11.0. The van der Waals surface area contributed by atoms with Gasteiger partial charge in [0.2, 0.25) is 5.91 Å². The van der Waals surface area contributed by atoms with E-state index in [0.717, 1.165) is 0 Å². The van der Waals surface area contributed by atoms with Crippen molar-refractivity contribution in [1.82, 2.24) is 0 Å². The van der Waals surface area contributed by atoms with Crippen molar-refractivity contribution in [3.63, 3.8) is 0 Å². The largest absolute Gasteiger partial charge is 0.465 e. The lowest BCUT2D eigenvalue weighted by Crippen LogP contribution is -2.15. The van der Waals surface area contributed by atoms with E-state index in [2.05, 4.69) is 16.1 Å². The molecule has 1 aromatic carbocycles. The fraction of sp³-hybridized carbons (Fsp3) is 0.357. The van der Waals surface area contributed by atoms with Gasteiger partial charge in [0.1, 0.15) is 0 Å². The van der Waals surface area contributed by atoms with Crippen molar-refractivity contribution in [1.29, 1.82) is 5.26 Å². The maximum atomic E-state index is 11.7. The van der Waals surface area contributed by atoms with Crippen LogP contribution in [-0.4, -0.2) is 19.0 Å². The minimum absolute atomic E-state index is 0.165. The lowest BCUT2D eigenvalue weighted by molar-refractivity contribution is -0.116. The summed E-state index contributed by atoms with van der Waals surface area (Å²) in [5, 5.41) is 11.3. The Morgan fingerprint density at radius 1 is 1.42 bits per heavy atom. The number of rotatable bonds is 5. The number of anilines is 1. The number of para-hydroxylation sites is 1. The number of hydrogen-bond acceptors (Lipinski definition) is 4. The van der Waals surface area contributed by atoms with E-state index in [-0.39, 0.29) is 18.2 Å². The van der Waals surface area contributed by atoms with E-state index in [1.807, 2.05) is 0 Å². The van der Waals surface area contributed by atoms with E-state index in [1.54, 1.807) is 31.2 Å². The van der Waals surface area contributed by atoms with Gasteiger partial charge in [0, 0.05) is 12.3 Å². The number of nitriles is 1. The monoisotopic (exact) mass is 260 g/mol. The first-order chi connectivity index (χ1) is 9.08. The summed E-state index contributed by atoms with van der Waals surface area (Å²) < 4.78 is 4.64. The number of ether oxygens (including phenoxy) is 1. The van der Waals surface area contributed by atoms with Crippen LogP contribution in [0.4, 0.5) is 5.69 Å². The number of amides is 1. The predicted molar refractivity (Wildman–Crippen MR) is 70.4 cm³/mol. The molecule has 0 fully saturated rings. The quantitative estimate of drug-likeness (QED) is 0.824. The maximum absolute atomic E-state index is 11.7. The average molecular weight is 260 g/mol. The first kappa shape index (κ1) is 14.7. The van der Waals surface area contributed by atoms with Crippen molar-refractivity contribution in [3.8, 4) is 6.07 Å². The standard InChI is InChI=1S/C14H16N2O3/c1-10(9-15)7-8-13(17)16-12-6-4-3-5-11(12)14(18)19-2/h3-6,10H,7-8H2,1-2H3,(H,16,17). The van der Waals surface area contributed by atoms with Gasteiger partial charge in [-0.1, -0.05) is 12.1 Å². The van der Waals surface area contributed by atoms with Crippen molar-refractivity contribution in [2.24, 2.45) is 5.92 Å². The summed E-state index contributed by atoms with van der Waals surface area (Å²) in [5.41, 5.74) is 0.732. The first-order valence-corrected chi connectivity index (χ1v) is 5.95. The van der Waals surface area contributed by atoms with Crippen molar-refractivity contribution < 1.29 is 14.3 Å². The lowest BCUT2D eigenvalue weighted by atomic mass is 10.1. The van der Waals surface area contributed by atoms with Crippen LogP contribution in [0.15, 0.2) is 24.3 Å². The van der Waals surface area contributed by atoms with Crippen LogP contribution in [0.25, 0.3) is 0 Å². The molecule has 0 aliphatic carbocycles. The van der Waals surface area contributed by atoms with Crippen molar-refractivity contribution in [2.75, 3.05) is 12.4 Å². The number of nitrogens with zero attached hydrogens (tertiary/aromatic N) is 1. The minimum atomic E-state index is -0.499. The molecular formula is C14H16N2O3. The molecule has 1 N–H and O–H groups in total. The molecule has 0 aliphatic heterocycles. The Morgan fingerprint density at radius 3 is 2.74 bits per heavy atom. The predicted octanol–water partition coefficient (Wildman–Crippen LogP) is 2.35. The van der Waals surface area contributed by atoms with Crippen LogP contribution >= 0.6 is 0 Å². The van der Waals surface area contributed by atoms with E-state index in [0.29, 0.717) is 17.7 Å². The molecule has 5 heteroatoms. The Labute approximate surface area is 112 Å². The molecule has 0 radical (unpaired) electrons. The summed E-state index contributed by atoms with van der Waals surface area (Å²) in [6.07, 6.45) is 0.729. The number of methoxy groups -OCH3 is 1. The van der Waals surface area contributed by atoms with Crippen LogP contribution in [0.3, 0.4) is 0 Å². The van der Waals surface area contributed by atoms with Gasteiger partial charge >= 0.3 is 5.97 Å². The highest BCUT2D eigenvalue weighted by Gasteiger charge is 2.13. The van der Waals surface area contributed by atoms with Crippen LogP contribution in [0.5, 0.6) is 0 Å². The second-order valence-electron chi connectivity index (χ2n) is 4.15. The maximum Gasteiger partial charge on any atom is 0.339 e. The summed E-state index contributed by atoms with van der Waals surface area (Å²) in [7, 11) is 1.29. The number of nitrogens with one attached hydrogen (secondary N) is 1. The van der Waals surface area contributed by atoms with E-state index >= 15 is 0 Å². The van der Waals surface area contributed by atoms with Crippen LogP contribution in [-0.2, 0) is 9.53 Å². The number of esters is 1. The zero-order valence-electron chi connectivity index (χ0n) is 11.0. The molecule has 1 unspecified atom stereocenters. The molecule has 0 heterocycles. The Kier molecular flexibility index (Phi) is 5.55. The molecule has 100 valence electrons. The van der Waals surface area contributed by atoms with Crippen molar-refractivity contribution >= 4 is 17.6 Å². The van der Waals surface area contributed by atoms with Gasteiger partial charge in [0.15, 0.2) is 0 Å². The first-order valence-electron chi connectivity index (χ1n) is 5.95. The van der Waals surface area contributed by atoms with Gasteiger partial charge in [-0.2, -0.15) is 5.26 Å². The van der Waals surface area contributed by atoms with E-state index in [1.165, 1.54) is 7.11 Å². The minimum Gasteiger partial charge on any atom is -0.465 e. The molecule has 0 saturated heterocycles. The van der Waals surface area contributed by atoms with Gasteiger partial charge in [-0.05, 0) is 25.5 Å². The molecule has 0 aromatic heterocycles. The van der Waals surface area contributed by atoms with E-state index in [9.17, 15) is 9.59 Å². The molecule has 0 saturated carbocycles. The molecule has 19 heavy (non-hydrogen) atoms. The summed E-state index contributed by atoms with van der Waals surface area (Å²) in [5.74, 6) is -0.888. The number of carbonyl (C=O) groups is 2. The van der Waals surface area contributed by atoms with Gasteiger partial charge in [0.05, 0.1) is 24.4 Å². The lowest BCUT2D eigenvalue weighted by Gasteiger charge is -2.09. The van der Waals surface area contributed by atoms with Gasteiger partial charge in [-0.15, -0.1) is 0 Å². The molecule has 0 aliphatic rings. The topological polar surface area (TPSA) is 79.2 Å². The van der Waals surface area contributed by atoms with Crippen LogP contribution in [0, 0.1) is 17.2 Å². The molecule has 1 atom stereocenters. The molecule has 1 aromatic rings. The third-order valence-corrected chi connectivity index (χ3v) is 2.63. The third kappa shape index (κ3) is 4.43. The van der Waals surface area contributed by atoms with Crippen LogP contribution in [0.2, 0.25) is 0 Å². The van der Waals surface area contributed by atoms with Crippen LogP contribution < -0.4 is 5.32 Å². The van der Waals surface area contributed by atoms with Gasteiger partial charge < -0.3 is 10.1 Å². The molecule has 0 bridgehead atoms. The highest BCUT2D eigenvalue weighted by atomic mass is 16.5. The highest BCUT2D eigenvalue weighted by molar-refractivity contribution is 6.01. The van der Waals surface area contributed by atoms with Crippen molar-refractivity contribution in [2.45, 2.75) is 19.8 Å². The Morgan fingerprint density at radius 2 is 2.11 bits per heavy atom. The zero-order chi connectivity index (χ0) is 14.3. The SMILES string of the molecule is COC(=O)c1ccccc1NC(=O)CCC(C)C#N. The molecular weight excluding hydrogens is 244 g/mol. The second-order valence-corrected chi connectivity index (χ2v) is 4.15. The van der Waals surface area contributed by atoms with Crippen LogP contribution in [0.1, 0.15) is 30.1 Å².